The number of nitrogens with one attached hydrogen (secondary N) is 1. The van der Waals surface area contributed by atoms with Crippen LogP contribution < -0.4 is 10.2 Å². The molecule has 0 spiro atoms. The van der Waals surface area contributed by atoms with Crippen molar-refractivity contribution < 1.29 is 4.39 Å². The molecule has 4 nitrogen and oxygen atoms in total. The summed E-state index contributed by atoms with van der Waals surface area (Å²) in [5, 5.41) is 3.31. The first-order valence-corrected chi connectivity index (χ1v) is 6.37. The molecule has 1 fully saturated rings. The molecule has 1 aliphatic rings. The number of benzene rings is 1. The molecule has 2 heterocycles. The number of nitrogens with zero attached hydrogens (tertiary/aromatic N) is 3. The van der Waals surface area contributed by atoms with E-state index in [1.54, 1.807) is 24.5 Å². The molecule has 0 unspecified atom stereocenters. The van der Waals surface area contributed by atoms with Crippen molar-refractivity contribution in [3.05, 3.63) is 42.5 Å². The number of halogens is 3. The molecular weight excluding hydrogens is 314 g/mol. The van der Waals surface area contributed by atoms with Crippen LogP contribution in [0.15, 0.2) is 36.7 Å². The van der Waals surface area contributed by atoms with E-state index in [2.05, 4.69) is 20.2 Å². The summed E-state index contributed by atoms with van der Waals surface area (Å²) in [6.45, 7) is 3.71. The first-order chi connectivity index (χ1) is 9.34. The van der Waals surface area contributed by atoms with Crippen LogP contribution in [0.2, 0.25) is 0 Å². The van der Waals surface area contributed by atoms with E-state index in [1.807, 2.05) is 0 Å². The highest BCUT2D eigenvalue weighted by molar-refractivity contribution is 5.85. The van der Waals surface area contributed by atoms with Gasteiger partial charge in [-0.3, -0.25) is 4.98 Å². The zero-order chi connectivity index (χ0) is 13.1. The lowest BCUT2D eigenvalue weighted by atomic mass is 10.1. The number of hydrogen-bond donors (Lipinski definition) is 1. The zero-order valence-corrected chi connectivity index (χ0v) is 13.0. The van der Waals surface area contributed by atoms with Crippen LogP contribution in [0.25, 0.3) is 11.3 Å². The summed E-state index contributed by atoms with van der Waals surface area (Å²) in [6.07, 6.45) is 3.37. The molecule has 7 heteroatoms. The molecule has 1 N–H and O–H groups in total. The molecule has 0 amide bonds. The summed E-state index contributed by atoms with van der Waals surface area (Å²) in [5.41, 5.74) is 1.70. The lowest BCUT2D eigenvalue weighted by molar-refractivity contribution is 0.585. The molecule has 2 aromatic rings. The molecule has 0 aliphatic carbocycles. The van der Waals surface area contributed by atoms with Crippen LogP contribution >= 0.6 is 24.8 Å². The summed E-state index contributed by atoms with van der Waals surface area (Å²) in [5.74, 6) is 0.631. The van der Waals surface area contributed by atoms with Crippen molar-refractivity contribution in [3.63, 3.8) is 0 Å². The Balaban J connectivity index is 0.00000110. The molecule has 3 rings (SSSR count). The highest BCUT2D eigenvalue weighted by Crippen LogP contribution is 2.26. The Morgan fingerprint density at radius 1 is 0.952 bits per heavy atom. The van der Waals surface area contributed by atoms with Crippen LogP contribution in [0.3, 0.4) is 0 Å². The third kappa shape index (κ3) is 4.03. The molecule has 0 saturated carbocycles. The van der Waals surface area contributed by atoms with Gasteiger partial charge in [-0.25, -0.2) is 9.37 Å². The molecule has 1 aromatic heterocycles. The minimum atomic E-state index is -0.239. The molecule has 0 radical (unpaired) electrons. The molecule has 1 aliphatic heterocycles. The van der Waals surface area contributed by atoms with Crippen LogP contribution in [0.1, 0.15) is 0 Å². The van der Waals surface area contributed by atoms with Gasteiger partial charge in [0.25, 0.3) is 0 Å². The van der Waals surface area contributed by atoms with Gasteiger partial charge >= 0.3 is 0 Å². The van der Waals surface area contributed by atoms with Gasteiger partial charge in [0, 0.05) is 44.1 Å². The quantitative estimate of drug-likeness (QED) is 0.918. The molecule has 21 heavy (non-hydrogen) atoms. The predicted octanol–water partition coefficient (Wildman–Crippen LogP) is 2.54. The standard InChI is InChI=1S/C14H15FN4.2ClH/c15-12-3-1-11(2-4-12)13-14(18-6-5-17-13)19-9-7-16-8-10-19;;/h1-6,16H,7-10H2;2*1H. The summed E-state index contributed by atoms with van der Waals surface area (Å²) in [7, 11) is 0. The van der Waals surface area contributed by atoms with E-state index in [4.69, 9.17) is 0 Å². The van der Waals surface area contributed by atoms with Crippen LogP contribution in [-0.4, -0.2) is 36.1 Å². The van der Waals surface area contributed by atoms with Crippen molar-refractivity contribution in [1.29, 1.82) is 0 Å². The van der Waals surface area contributed by atoms with Gasteiger partial charge in [-0.05, 0) is 24.3 Å². The molecular formula is C14H17Cl2FN4. The Bertz CT molecular complexity index is 559. The predicted molar refractivity (Wildman–Crippen MR) is 87.0 cm³/mol. The fourth-order valence-corrected chi connectivity index (χ4v) is 2.25. The Morgan fingerprint density at radius 3 is 2.24 bits per heavy atom. The first-order valence-electron chi connectivity index (χ1n) is 6.37. The Kier molecular flexibility index (Phi) is 6.81. The molecule has 1 aromatic carbocycles. The number of anilines is 1. The van der Waals surface area contributed by atoms with Crippen molar-refractivity contribution >= 4 is 30.6 Å². The van der Waals surface area contributed by atoms with E-state index in [1.165, 1.54) is 12.1 Å². The summed E-state index contributed by atoms with van der Waals surface area (Å²) in [6, 6.07) is 6.38. The fourth-order valence-electron chi connectivity index (χ4n) is 2.25. The smallest absolute Gasteiger partial charge is 0.155 e. The number of hydrogen-bond acceptors (Lipinski definition) is 4. The van der Waals surface area contributed by atoms with Gasteiger partial charge in [-0.15, -0.1) is 24.8 Å². The van der Waals surface area contributed by atoms with Gasteiger partial charge in [0.05, 0.1) is 0 Å². The fraction of sp³-hybridized carbons (Fsp3) is 0.286. The zero-order valence-electron chi connectivity index (χ0n) is 11.3. The minimum Gasteiger partial charge on any atom is -0.352 e. The van der Waals surface area contributed by atoms with Gasteiger partial charge < -0.3 is 10.2 Å². The topological polar surface area (TPSA) is 41.1 Å². The largest absolute Gasteiger partial charge is 0.352 e. The van der Waals surface area contributed by atoms with Gasteiger partial charge in [0.1, 0.15) is 11.5 Å². The van der Waals surface area contributed by atoms with E-state index >= 15 is 0 Å². The van der Waals surface area contributed by atoms with Crippen LogP contribution in [0.4, 0.5) is 10.2 Å². The second-order valence-corrected chi connectivity index (χ2v) is 4.47. The number of rotatable bonds is 2. The first kappa shape index (κ1) is 17.6. The van der Waals surface area contributed by atoms with E-state index in [0.29, 0.717) is 0 Å². The Labute approximate surface area is 135 Å². The molecule has 1 saturated heterocycles. The lowest BCUT2D eigenvalue weighted by Gasteiger charge is -2.29. The van der Waals surface area contributed by atoms with E-state index < -0.39 is 0 Å². The van der Waals surface area contributed by atoms with Gasteiger partial charge in [0.15, 0.2) is 5.82 Å². The third-order valence-corrected chi connectivity index (χ3v) is 3.21. The van der Waals surface area contributed by atoms with Crippen molar-refractivity contribution in [2.24, 2.45) is 0 Å². The van der Waals surface area contributed by atoms with Crippen LogP contribution in [-0.2, 0) is 0 Å². The van der Waals surface area contributed by atoms with Gasteiger partial charge in [-0.2, -0.15) is 0 Å². The maximum atomic E-state index is 13.0. The van der Waals surface area contributed by atoms with Gasteiger partial charge in [-0.1, -0.05) is 0 Å². The number of piperazine rings is 1. The summed E-state index contributed by atoms with van der Waals surface area (Å²) >= 11 is 0. The third-order valence-electron chi connectivity index (χ3n) is 3.21. The monoisotopic (exact) mass is 330 g/mol. The maximum absolute atomic E-state index is 13.0. The van der Waals surface area contributed by atoms with Crippen molar-refractivity contribution in [2.45, 2.75) is 0 Å². The Morgan fingerprint density at radius 2 is 1.57 bits per heavy atom. The van der Waals surface area contributed by atoms with Crippen LogP contribution in [0, 0.1) is 5.82 Å². The summed E-state index contributed by atoms with van der Waals surface area (Å²) in [4.78, 5) is 11.1. The van der Waals surface area contributed by atoms with E-state index in [9.17, 15) is 4.39 Å². The van der Waals surface area contributed by atoms with E-state index in [0.717, 1.165) is 43.3 Å². The SMILES string of the molecule is Cl.Cl.Fc1ccc(-c2nccnc2N2CCNCC2)cc1. The molecule has 114 valence electrons. The molecule has 0 bridgehead atoms. The maximum Gasteiger partial charge on any atom is 0.155 e. The highest BCUT2D eigenvalue weighted by atomic mass is 35.5. The lowest BCUT2D eigenvalue weighted by Crippen LogP contribution is -2.44. The minimum absolute atomic E-state index is 0. The second kappa shape index (κ2) is 8.12. The normalized spacial score (nSPS) is 14.0. The molecule has 0 atom stereocenters. The van der Waals surface area contributed by atoms with Gasteiger partial charge in [0.2, 0.25) is 0 Å². The average Bonchev–Trinajstić information content (AvgIpc) is 2.49. The number of aromatic nitrogens is 2. The second-order valence-electron chi connectivity index (χ2n) is 4.47. The van der Waals surface area contributed by atoms with Crippen molar-refractivity contribution in [2.75, 3.05) is 31.1 Å². The van der Waals surface area contributed by atoms with Crippen molar-refractivity contribution in [3.8, 4) is 11.3 Å². The average molecular weight is 331 g/mol. The van der Waals surface area contributed by atoms with E-state index in [-0.39, 0.29) is 30.6 Å². The van der Waals surface area contributed by atoms with Crippen LogP contribution in [0.5, 0.6) is 0 Å². The highest BCUT2D eigenvalue weighted by Gasteiger charge is 2.17. The van der Waals surface area contributed by atoms with Crippen molar-refractivity contribution in [1.82, 2.24) is 15.3 Å². The Hall–Kier alpha value is -1.43. The summed E-state index contributed by atoms with van der Waals surface area (Å²) < 4.78 is 13.0.